The molecule has 1 aliphatic carbocycles. The van der Waals surface area contributed by atoms with Crippen molar-refractivity contribution >= 4 is 23.2 Å². The molecule has 4 heterocycles. The summed E-state index contributed by atoms with van der Waals surface area (Å²) in [4.78, 5) is 9.16. The highest BCUT2D eigenvalue weighted by atomic mass is 35.5. The van der Waals surface area contributed by atoms with Gasteiger partial charge in [-0.25, -0.2) is 19.0 Å². The summed E-state index contributed by atoms with van der Waals surface area (Å²) in [5.41, 5.74) is 5.93. The van der Waals surface area contributed by atoms with Crippen LogP contribution in [0.15, 0.2) is 6.20 Å². The van der Waals surface area contributed by atoms with Gasteiger partial charge in [-0.3, -0.25) is 4.90 Å². The second kappa shape index (κ2) is 9.82. The van der Waals surface area contributed by atoms with Gasteiger partial charge in [0.1, 0.15) is 23.2 Å². The second-order valence-corrected chi connectivity index (χ2v) is 9.96. The fourth-order valence-corrected chi connectivity index (χ4v) is 5.17. The lowest BCUT2D eigenvalue weighted by Gasteiger charge is -2.26. The first-order chi connectivity index (χ1) is 17.1. The summed E-state index contributed by atoms with van der Waals surface area (Å²) in [7, 11) is 0. The number of nitrogens with zero attached hydrogens (tertiary/aromatic N) is 5. The lowest BCUT2D eigenvalue weighted by molar-refractivity contribution is -0.137. The lowest BCUT2D eigenvalue weighted by Crippen LogP contribution is -2.41. The quantitative estimate of drug-likeness (QED) is 0.412. The Hall–Kier alpha value is -2.38. The fourth-order valence-electron chi connectivity index (χ4n) is 5.04. The minimum atomic E-state index is -4.68. The predicted octanol–water partition coefficient (Wildman–Crippen LogP) is 3.49. The van der Waals surface area contributed by atoms with Gasteiger partial charge in [-0.05, 0) is 37.8 Å². The average molecular weight is 534 g/mol. The molecule has 3 fully saturated rings. The summed E-state index contributed by atoms with van der Waals surface area (Å²) < 4.78 is 68.4. The van der Waals surface area contributed by atoms with Crippen molar-refractivity contribution in [3.8, 4) is 5.75 Å². The lowest BCUT2D eigenvalue weighted by atomic mass is 9.93. The van der Waals surface area contributed by atoms with E-state index in [4.69, 9.17) is 26.8 Å². The Morgan fingerprint density at radius 2 is 2.06 bits per heavy atom. The maximum atomic E-state index is 14.4. The van der Waals surface area contributed by atoms with Crippen molar-refractivity contribution in [3.05, 3.63) is 22.7 Å². The number of halogens is 5. The molecule has 3 aliphatic rings. The SMILES string of the molecule is Cc1nn(C2CCC2)c(N)c1OC[C@H]1CN(C2COCC2F)C[C@@H]1Nc1nc(Cl)ncc1C(F)(F)F. The Bertz CT molecular complexity index is 1100. The van der Waals surface area contributed by atoms with Crippen molar-refractivity contribution < 1.29 is 27.0 Å². The average Bonchev–Trinajstić information content (AvgIpc) is 3.43. The van der Waals surface area contributed by atoms with E-state index in [1.807, 2.05) is 4.90 Å². The molecule has 4 atom stereocenters. The smallest absolute Gasteiger partial charge is 0.421 e. The van der Waals surface area contributed by atoms with Gasteiger partial charge in [0.15, 0.2) is 11.6 Å². The van der Waals surface area contributed by atoms with Gasteiger partial charge in [-0.1, -0.05) is 0 Å². The molecule has 198 valence electrons. The number of hydrogen-bond donors (Lipinski definition) is 2. The first kappa shape index (κ1) is 25.3. The number of rotatable bonds is 7. The Kier molecular flexibility index (Phi) is 6.90. The largest absolute Gasteiger partial charge is 0.487 e. The van der Waals surface area contributed by atoms with Crippen LogP contribution in [-0.2, 0) is 10.9 Å². The molecule has 0 bridgehead atoms. The minimum absolute atomic E-state index is 0.00372. The molecule has 2 saturated heterocycles. The number of nitrogens with two attached hydrogens (primary N) is 1. The molecule has 0 radical (unpaired) electrons. The molecule has 2 aromatic heterocycles. The van der Waals surface area contributed by atoms with E-state index < -0.39 is 35.8 Å². The number of anilines is 2. The molecular formula is C22H28ClF4N7O2. The number of alkyl halides is 4. The molecule has 3 N–H and O–H groups in total. The standard InChI is InChI=1S/C22H28ClF4N7O2/c1-11-18(19(28)34(32-11)13-3-2-4-13)36-8-12-6-33(17-10-35-9-15(17)24)7-16(12)30-20-14(22(25,26)27)5-29-21(23)31-20/h5,12-13,15-17H,2-4,6-10,28H2,1H3,(H,29,30,31)/t12-,15?,16+,17?/m1/s1. The molecule has 5 rings (SSSR count). The van der Waals surface area contributed by atoms with Gasteiger partial charge in [-0.15, -0.1) is 0 Å². The summed E-state index contributed by atoms with van der Waals surface area (Å²) >= 11 is 5.81. The normalized spacial score (nSPS) is 27.4. The predicted molar refractivity (Wildman–Crippen MR) is 124 cm³/mol. The van der Waals surface area contributed by atoms with E-state index in [0.29, 0.717) is 30.0 Å². The monoisotopic (exact) mass is 533 g/mol. The number of nitrogens with one attached hydrogen (secondary N) is 1. The van der Waals surface area contributed by atoms with Gasteiger partial charge < -0.3 is 20.5 Å². The van der Waals surface area contributed by atoms with E-state index in [0.717, 1.165) is 19.3 Å². The molecule has 1 saturated carbocycles. The van der Waals surface area contributed by atoms with Crippen LogP contribution in [0.3, 0.4) is 0 Å². The Balaban J connectivity index is 1.37. The highest BCUT2D eigenvalue weighted by Crippen LogP contribution is 2.38. The van der Waals surface area contributed by atoms with Crippen molar-refractivity contribution in [2.24, 2.45) is 5.92 Å². The Morgan fingerprint density at radius 1 is 1.28 bits per heavy atom. The fraction of sp³-hybridized carbons (Fsp3) is 0.682. The number of aryl methyl sites for hydroxylation is 1. The van der Waals surface area contributed by atoms with Crippen molar-refractivity contribution in [3.63, 3.8) is 0 Å². The summed E-state index contributed by atoms with van der Waals surface area (Å²) in [5, 5.41) is 7.10. The number of aromatic nitrogens is 4. The number of likely N-dealkylation sites (tertiary alicyclic amines) is 1. The molecule has 0 aromatic carbocycles. The number of nitrogen functional groups attached to an aromatic ring is 1. The Labute approximate surface area is 210 Å². The third kappa shape index (κ3) is 4.92. The van der Waals surface area contributed by atoms with Gasteiger partial charge in [-0.2, -0.15) is 18.3 Å². The van der Waals surface area contributed by atoms with Gasteiger partial charge in [0.25, 0.3) is 0 Å². The van der Waals surface area contributed by atoms with E-state index in [1.165, 1.54) is 0 Å². The molecule has 36 heavy (non-hydrogen) atoms. The summed E-state index contributed by atoms with van der Waals surface area (Å²) in [6, 6.07) is -0.763. The van der Waals surface area contributed by atoms with Gasteiger partial charge in [0.05, 0.1) is 31.9 Å². The van der Waals surface area contributed by atoms with Crippen molar-refractivity contribution in [1.29, 1.82) is 0 Å². The highest BCUT2D eigenvalue weighted by molar-refractivity contribution is 6.28. The molecule has 2 aliphatic heterocycles. The van der Waals surface area contributed by atoms with Crippen LogP contribution < -0.4 is 15.8 Å². The van der Waals surface area contributed by atoms with Crippen LogP contribution in [0, 0.1) is 12.8 Å². The molecule has 9 nitrogen and oxygen atoms in total. The first-order valence-corrected chi connectivity index (χ1v) is 12.3. The zero-order valence-corrected chi connectivity index (χ0v) is 20.4. The molecule has 2 unspecified atom stereocenters. The minimum Gasteiger partial charge on any atom is -0.487 e. The van der Waals surface area contributed by atoms with Crippen molar-refractivity contribution in [2.45, 2.75) is 56.7 Å². The maximum absolute atomic E-state index is 14.4. The zero-order chi connectivity index (χ0) is 25.6. The van der Waals surface area contributed by atoms with E-state index in [2.05, 4.69) is 20.4 Å². The number of hydrogen-bond acceptors (Lipinski definition) is 8. The van der Waals surface area contributed by atoms with Crippen LogP contribution >= 0.6 is 11.6 Å². The molecule has 2 aromatic rings. The zero-order valence-electron chi connectivity index (χ0n) is 19.6. The van der Waals surface area contributed by atoms with E-state index in [9.17, 15) is 17.6 Å². The van der Waals surface area contributed by atoms with E-state index in [-0.39, 0.29) is 43.6 Å². The van der Waals surface area contributed by atoms with Gasteiger partial charge >= 0.3 is 6.18 Å². The van der Waals surface area contributed by atoms with Gasteiger partial charge in [0.2, 0.25) is 5.28 Å². The van der Waals surface area contributed by atoms with E-state index in [1.54, 1.807) is 11.6 Å². The second-order valence-electron chi connectivity index (χ2n) is 9.62. The van der Waals surface area contributed by atoms with Crippen LogP contribution in [-0.4, -0.2) is 75.8 Å². The molecular weight excluding hydrogens is 506 g/mol. The van der Waals surface area contributed by atoms with E-state index >= 15 is 0 Å². The molecule has 0 amide bonds. The summed E-state index contributed by atoms with van der Waals surface area (Å²) in [6.45, 7) is 2.82. The summed E-state index contributed by atoms with van der Waals surface area (Å²) in [5.74, 6) is 0.171. The van der Waals surface area contributed by atoms with Crippen molar-refractivity contribution in [2.75, 3.05) is 44.0 Å². The first-order valence-electron chi connectivity index (χ1n) is 11.9. The van der Waals surface area contributed by atoms with Crippen LogP contribution in [0.1, 0.15) is 36.6 Å². The van der Waals surface area contributed by atoms with Gasteiger partial charge in [0, 0.05) is 31.2 Å². The molecule has 14 heteroatoms. The van der Waals surface area contributed by atoms with Crippen LogP contribution in [0.5, 0.6) is 5.75 Å². The summed E-state index contributed by atoms with van der Waals surface area (Å²) in [6.07, 6.45) is -2.07. The Morgan fingerprint density at radius 3 is 2.69 bits per heavy atom. The van der Waals surface area contributed by atoms with Crippen LogP contribution in [0.25, 0.3) is 0 Å². The molecule has 0 spiro atoms. The third-order valence-corrected chi connectivity index (χ3v) is 7.42. The van der Waals surface area contributed by atoms with Crippen LogP contribution in [0.2, 0.25) is 5.28 Å². The van der Waals surface area contributed by atoms with Crippen molar-refractivity contribution in [1.82, 2.24) is 24.6 Å². The third-order valence-electron chi connectivity index (χ3n) is 7.24. The topological polar surface area (TPSA) is 103 Å². The highest BCUT2D eigenvalue weighted by Gasteiger charge is 2.43. The number of ether oxygens (including phenoxy) is 2. The maximum Gasteiger partial charge on any atom is 0.421 e. The van der Waals surface area contributed by atoms with Crippen LogP contribution in [0.4, 0.5) is 29.2 Å².